The minimum Gasteiger partial charge on any atom is -0.497 e. The fraction of sp³-hybridized carbons (Fsp3) is 0.350. The summed E-state index contributed by atoms with van der Waals surface area (Å²) in [6.45, 7) is 0.947. The van der Waals surface area contributed by atoms with Crippen molar-refractivity contribution < 1.29 is 27.4 Å². The van der Waals surface area contributed by atoms with Crippen LogP contribution in [-0.2, 0) is 14.8 Å². The van der Waals surface area contributed by atoms with E-state index in [2.05, 4.69) is 0 Å². The molecule has 2 aromatic carbocycles. The van der Waals surface area contributed by atoms with Gasteiger partial charge in [-0.05, 0) is 36.4 Å². The average molecular weight is 420 g/mol. The van der Waals surface area contributed by atoms with Crippen LogP contribution in [-0.4, -0.2) is 70.5 Å². The van der Waals surface area contributed by atoms with Gasteiger partial charge in [-0.3, -0.25) is 4.79 Å². The van der Waals surface area contributed by atoms with Crippen LogP contribution >= 0.6 is 0 Å². The number of para-hydroxylation sites is 2. The zero-order valence-electron chi connectivity index (χ0n) is 16.4. The third-order valence-electron chi connectivity index (χ3n) is 4.71. The number of carbonyl (C=O) groups excluding carboxylic acids is 1. The highest BCUT2D eigenvalue weighted by atomic mass is 32.2. The second-order valence-corrected chi connectivity index (χ2v) is 8.34. The topological polar surface area (TPSA) is 85.4 Å². The molecule has 1 heterocycles. The predicted octanol–water partition coefficient (Wildman–Crippen LogP) is 1.62. The highest BCUT2D eigenvalue weighted by Crippen LogP contribution is 2.26. The lowest BCUT2D eigenvalue weighted by Crippen LogP contribution is -2.51. The summed E-state index contributed by atoms with van der Waals surface area (Å²) >= 11 is 0. The van der Waals surface area contributed by atoms with Gasteiger partial charge in [0.2, 0.25) is 10.0 Å². The molecule has 1 fully saturated rings. The number of rotatable bonds is 7. The molecular formula is C20H24N2O6S. The number of benzene rings is 2. The molecule has 0 aliphatic carbocycles. The van der Waals surface area contributed by atoms with Crippen LogP contribution in [0.3, 0.4) is 0 Å². The van der Waals surface area contributed by atoms with Crippen LogP contribution in [0.25, 0.3) is 0 Å². The maximum atomic E-state index is 12.8. The SMILES string of the molecule is COc1ccc(S(=O)(=O)N2CCN(C(=O)COc3ccccc3OC)CC2)cc1. The number of hydrogen-bond acceptors (Lipinski definition) is 6. The van der Waals surface area contributed by atoms with Gasteiger partial charge in [0.25, 0.3) is 5.91 Å². The van der Waals surface area contributed by atoms with Gasteiger partial charge in [0.1, 0.15) is 5.75 Å². The molecule has 2 aromatic rings. The van der Waals surface area contributed by atoms with Crippen LogP contribution in [0, 0.1) is 0 Å². The van der Waals surface area contributed by atoms with Gasteiger partial charge in [-0.1, -0.05) is 12.1 Å². The van der Waals surface area contributed by atoms with E-state index in [0.29, 0.717) is 30.3 Å². The molecule has 0 N–H and O–H groups in total. The Balaban J connectivity index is 1.56. The summed E-state index contributed by atoms with van der Waals surface area (Å²) in [7, 11) is -0.549. The average Bonchev–Trinajstić information content (AvgIpc) is 2.77. The van der Waals surface area contributed by atoms with Crippen LogP contribution in [0.4, 0.5) is 0 Å². The number of amides is 1. The molecule has 0 atom stereocenters. The van der Waals surface area contributed by atoms with Gasteiger partial charge in [0.15, 0.2) is 18.1 Å². The van der Waals surface area contributed by atoms with Gasteiger partial charge in [-0.15, -0.1) is 0 Å². The van der Waals surface area contributed by atoms with E-state index in [1.807, 2.05) is 6.07 Å². The lowest BCUT2D eigenvalue weighted by Gasteiger charge is -2.34. The molecular weight excluding hydrogens is 396 g/mol. The summed E-state index contributed by atoms with van der Waals surface area (Å²) in [5.41, 5.74) is 0. The molecule has 0 saturated carbocycles. The molecule has 1 saturated heterocycles. The van der Waals surface area contributed by atoms with E-state index in [0.717, 1.165) is 0 Å². The molecule has 1 amide bonds. The van der Waals surface area contributed by atoms with E-state index in [9.17, 15) is 13.2 Å². The summed E-state index contributed by atoms with van der Waals surface area (Å²) < 4.78 is 42.8. The third kappa shape index (κ3) is 4.80. The fourth-order valence-corrected chi connectivity index (χ4v) is 4.47. The van der Waals surface area contributed by atoms with E-state index in [1.165, 1.54) is 30.7 Å². The Morgan fingerprint density at radius 2 is 1.52 bits per heavy atom. The molecule has 0 unspecified atom stereocenters. The van der Waals surface area contributed by atoms with Crippen LogP contribution in [0.2, 0.25) is 0 Å². The molecule has 3 rings (SSSR count). The van der Waals surface area contributed by atoms with Crippen molar-refractivity contribution in [3.8, 4) is 17.2 Å². The second-order valence-electron chi connectivity index (χ2n) is 6.40. The van der Waals surface area contributed by atoms with Crippen LogP contribution in [0.5, 0.6) is 17.2 Å². The second kappa shape index (κ2) is 9.15. The first-order valence-electron chi connectivity index (χ1n) is 9.13. The Bertz CT molecular complexity index is 938. The summed E-state index contributed by atoms with van der Waals surface area (Å²) in [5.74, 6) is 1.44. The summed E-state index contributed by atoms with van der Waals surface area (Å²) in [6, 6.07) is 13.4. The zero-order valence-corrected chi connectivity index (χ0v) is 17.2. The number of ether oxygens (including phenoxy) is 3. The number of hydrogen-bond donors (Lipinski definition) is 0. The third-order valence-corrected chi connectivity index (χ3v) is 6.62. The fourth-order valence-electron chi connectivity index (χ4n) is 3.04. The number of methoxy groups -OCH3 is 2. The van der Waals surface area contributed by atoms with Gasteiger partial charge in [-0.25, -0.2) is 8.42 Å². The summed E-state index contributed by atoms with van der Waals surface area (Å²) in [5, 5.41) is 0. The first-order valence-corrected chi connectivity index (χ1v) is 10.6. The van der Waals surface area contributed by atoms with Crippen LogP contribution in [0.15, 0.2) is 53.4 Å². The first kappa shape index (κ1) is 20.9. The lowest BCUT2D eigenvalue weighted by molar-refractivity contribution is -0.134. The smallest absolute Gasteiger partial charge is 0.260 e. The predicted molar refractivity (Wildman–Crippen MR) is 107 cm³/mol. The highest BCUT2D eigenvalue weighted by Gasteiger charge is 2.30. The lowest BCUT2D eigenvalue weighted by atomic mass is 10.3. The minimum absolute atomic E-state index is 0.133. The van der Waals surface area contributed by atoms with E-state index < -0.39 is 10.0 Å². The first-order chi connectivity index (χ1) is 14.0. The molecule has 0 aromatic heterocycles. The van der Waals surface area contributed by atoms with Crippen molar-refractivity contribution >= 4 is 15.9 Å². The van der Waals surface area contributed by atoms with Gasteiger partial charge >= 0.3 is 0 Å². The number of piperazine rings is 1. The number of carbonyl (C=O) groups is 1. The van der Waals surface area contributed by atoms with Crippen molar-refractivity contribution in [2.24, 2.45) is 0 Å². The molecule has 29 heavy (non-hydrogen) atoms. The van der Waals surface area contributed by atoms with E-state index in [4.69, 9.17) is 14.2 Å². The van der Waals surface area contributed by atoms with Crippen LogP contribution < -0.4 is 14.2 Å². The Hall–Kier alpha value is -2.78. The quantitative estimate of drug-likeness (QED) is 0.677. The number of nitrogens with zero attached hydrogens (tertiary/aromatic N) is 2. The Morgan fingerprint density at radius 1 is 0.897 bits per heavy atom. The van der Waals surface area contributed by atoms with E-state index >= 15 is 0 Å². The van der Waals surface area contributed by atoms with Crippen molar-refractivity contribution in [3.63, 3.8) is 0 Å². The van der Waals surface area contributed by atoms with Crippen molar-refractivity contribution in [1.82, 2.24) is 9.21 Å². The molecule has 8 nitrogen and oxygen atoms in total. The standard InChI is InChI=1S/C20H24N2O6S/c1-26-16-7-9-17(10-8-16)29(24,25)22-13-11-21(12-14-22)20(23)15-28-19-6-4-3-5-18(19)27-2/h3-10H,11-15H2,1-2H3. The summed E-state index contributed by atoms with van der Waals surface area (Å²) in [6.07, 6.45) is 0. The largest absolute Gasteiger partial charge is 0.497 e. The molecule has 0 radical (unpaired) electrons. The van der Waals surface area contributed by atoms with Gasteiger partial charge in [-0.2, -0.15) is 4.31 Å². The Labute approximate surface area is 170 Å². The van der Waals surface area contributed by atoms with Gasteiger partial charge < -0.3 is 19.1 Å². The maximum Gasteiger partial charge on any atom is 0.260 e. The maximum absolute atomic E-state index is 12.8. The molecule has 9 heteroatoms. The van der Waals surface area contributed by atoms with Gasteiger partial charge in [0.05, 0.1) is 19.1 Å². The van der Waals surface area contributed by atoms with E-state index in [1.54, 1.807) is 35.2 Å². The van der Waals surface area contributed by atoms with E-state index in [-0.39, 0.29) is 30.5 Å². The number of sulfonamides is 1. The summed E-state index contributed by atoms with van der Waals surface area (Å²) in [4.78, 5) is 14.3. The Morgan fingerprint density at radius 3 is 2.10 bits per heavy atom. The van der Waals surface area contributed by atoms with Crippen molar-refractivity contribution in [1.29, 1.82) is 0 Å². The van der Waals surface area contributed by atoms with Crippen LogP contribution in [0.1, 0.15) is 0 Å². The van der Waals surface area contributed by atoms with Gasteiger partial charge in [0, 0.05) is 26.2 Å². The monoisotopic (exact) mass is 420 g/mol. The molecule has 0 bridgehead atoms. The van der Waals surface area contributed by atoms with Crippen molar-refractivity contribution in [2.75, 3.05) is 47.0 Å². The Kier molecular flexibility index (Phi) is 6.60. The van der Waals surface area contributed by atoms with Crippen molar-refractivity contribution in [3.05, 3.63) is 48.5 Å². The molecule has 1 aliphatic heterocycles. The minimum atomic E-state index is -3.61. The zero-order chi connectivity index (χ0) is 20.9. The van der Waals surface area contributed by atoms with Crippen molar-refractivity contribution in [2.45, 2.75) is 4.90 Å². The molecule has 1 aliphatic rings. The highest BCUT2D eigenvalue weighted by molar-refractivity contribution is 7.89. The normalized spacial score (nSPS) is 15.0. The molecule has 156 valence electrons. The molecule has 0 spiro atoms.